The molecule has 0 spiro atoms. The Kier molecular flexibility index (Phi) is 5.37. The summed E-state index contributed by atoms with van der Waals surface area (Å²) in [5.74, 6) is -0.979. The average Bonchev–Trinajstić information content (AvgIpc) is 2.72. The Bertz CT molecular complexity index is 408. The fraction of sp³-hybridized carbons (Fsp3) is 0.786. The number of hydrogen-bond donors (Lipinski definition) is 0. The zero-order valence-electron chi connectivity index (χ0n) is 12.5. The van der Waals surface area contributed by atoms with Crippen LogP contribution in [0, 0.1) is 23.2 Å². The molecule has 20 heavy (non-hydrogen) atoms. The molecule has 2 atom stereocenters. The summed E-state index contributed by atoms with van der Waals surface area (Å²) in [6.45, 7) is 7.99. The molecular weight excluding hydrogens is 260 g/mol. The molecule has 0 N–H and O–H groups in total. The highest BCUT2D eigenvalue weighted by Crippen LogP contribution is 2.28. The maximum absolute atomic E-state index is 12.0. The van der Waals surface area contributed by atoms with Gasteiger partial charge in [0.1, 0.15) is 5.60 Å². The molecule has 1 aliphatic rings. The number of esters is 1. The van der Waals surface area contributed by atoms with Crippen molar-refractivity contribution < 1.29 is 19.1 Å². The maximum Gasteiger partial charge on any atom is 0.410 e. The molecule has 1 heterocycles. The summed E-state index contributed by atoms with van der Waals surface area (Å²) in [5, 5.41) is 8.83. The van der Waals surface area contributed by atoms with Gasteiger partial charge in [0.2, 0.25) is 0 Å². The monoisotopic (exact) mass is 282 g/mol. The van der Waals surface area contributed by atoms with Gasteiger partial charge in [0, 0.05) is 25.4 Å². The number of ether oxygens (including phenoxy) is 2. The van der Waals surface area contributed by atoms with Crippen LogP contribution in [-0.4, -0.2) is 42.3 Å². The Labute approximate surface area is 119 Å². The van der Waals surface area contributed by atoms with Gasteiger partial charge in [-0.05, 0) is 27.7 Å². The van der Waals surface area contributed by atoms with Crippen molar-refractivity contribution in [2.75, 3.05) is 19.7 Å². The summed E-state index contributed by atoms with van der Waals surface area (Å²) >= 11 is 0. The minimum Gasteiger partial charge on any atom is -0.466 e. The molecule has 1 amide bonds. The van der Waals surface area contributed by atoms with Gasteiger partial charge in [-0.25, -0.2) is 4.79 Å². The molecule has 112 valence electrons. The fourth-order valence-corrected chi connectivity index (χ4v) is 2.19. The number of nitrogens with zero attached hydrogens (tertiary/aromatic N) is 2. The van der Waals surface area contributed by atoms with Gasteiger partial charge in [-0.3, -0.25) is 4.79 Å². The van der Waals surface area contributed by atoms with Crippen LogP contribution in [0.2, 0.25) is 0 Å². The lowest BCUT2D eigenvalue weighted by atomic mass is 9.94. The van der Waals surface area contributed by atoms with E-state index < -0.39 is 17.6 Å². The van der Waals surface area contributed by atoms with Crippen LogP contribution in [-0.2, 0) is 14.3 Å². The summed E-state index contributed by atoms with van der Waals surface area (Å²) < 4.78 is 10.3. The van der Waals surface area contributed by atoms with E-state index in [-0.39, 0.29) is 24.9 Å². The molecular formula is C14H22N2O4. The summed E-state index contributed by atoms with van der Waals surface area (Å²) in [5.41, 5.74) is -0.580. The van der Waals surface area contributed by atoms with Crippen molar-refractivity contribution in [3.05, 3.63) is 0 Å². The van der Waals surface area contributed by atoms with Gasteiger partial charge in [-0.15, -0.1) is 0 Å². The zero-order valence-corrected chi connectivity index (χ0v) is 12.5. The van der Waals surface area contributed by atoms with E-state index in [1.54, 1.807) is 27.7 Å². The first kappa shape index (κ1) is 16.3. The largest absolute Gasteiger partial charge is 0.466 e. The van der Waals surface area contributed by atoms with Crippen molar-refractivity contribution in [1.29, 1.82) is 5.26 Å². The van der Waals surface area contributed by atoms with Crippen molar-refractivity contribution in [2.45, 2.75) is 39.7 Å². The minimum atomic E-state index is -0.580. The average molecular weight is 282 g/mol. The molecule has 6 nitrogen and oxygen atoms in total. The molecule has 0 aromatic rings. The smallest absolute Gasteiger partial charge is 0.410 e. The second kappa shape index (κ2) is 6.60. The van der Waals surface area contributed by atoms with E-state index in [2.05, 4.69) is 6.07 Å². The van der Waals surface area contributed by atoms with Crippen LogP contribution < -0.4 is 0 Å². The predicted octanol–water partition coefficient (Wildman–Crippen LogP) is 1.95. The number of nitriles is 1. The number of rotatable bonds is 3. The first-order valence-corrected chi connectivity index (χ1v) is 6.80. The number of hydrogen-bond acceptors (Lipinski definition) is 5. The molecule has 0 aromatic carbocycles. The lowest BCUT2D eigenvalue weighted by Gasteiger charge is -2.24. The van der Waals surface area contributed by atoms with E-state index in [1.807, 2.05) is 0 Å². The molecule has 0 aliphatic carbocycles. The second-order valence-electron chi connectivity index (χ2n) is 5.87. The fourth-order valence-electron chi connectivity index (χ4n) is 2.19. The molecule has 1 fully saturated rings. The highest BCUT2D eigenvalue weighted by molar-refractivity contribution is 5.76. The summed E-state index contributed by atoms with van der Waals surface area (Å²) in [6, 6.07) is 2.06. The van der Waals surface area contributed by atoms with Crippen LogP contribution in [0.4, 0.5) is 4.79 Å². The van der Waals surface area contributed by atoms with E-state index in [4.69, 9.17) is 14.7 Å². The molecule has 0 bridgehead atoms. The van der Waals surface area contributed by atoms with Crippen molar-refractivity contribution >= 4 is 12.1 Å². The first-order chi connectivity index (χ1) is 9.28. The van der Waals surface area contributed by atoms with Gasteiger partial charge in [0.25, 0.3) is 0 Å². The zero-order chi connectivity index (χ0) is 15.3. The van der Waals surface area contributed by atoms with Crippen LogP contribution in [0.1, 0.15) is 34.1 Å². The third kappa shape index (κ3) is 4.41. The molecule has 1 aliphatic heterocycles. The van der Waals surface area contributed by atoms with Gasteiger partial charge in [0.15, 0.2) is 0 Å². The lowest BCUT2D eigenvalue weighted by molar-refractivity contribution is -0.148. The van der Waals surface area contributed by atoms with E-state index in [1.165, 1.54) is 4.90 Å². The summed E-state index contributed by atoms with van der Waals surface area (Å²) in [7, 11) is 0. The van der Waals surface area contributed by atoms with Gasteiger partial charge in [-0.2, -0.15) is 5.26 Å². The van der Waals surface area contributed by atoms with E-state index in [9.17, 15) is 9.59 Å². The van der Waals surface area contributed by atoms with E-state index >= 15 is 0 Å². The standard InChI is InChI=1S/C14H22N2O4/c1-5-19-12(17)11-9-16(8-10(11)6-7-15)13(18)20-14(2,3)4/h10-11H,5-6,8-9H2,1-4H3/t10-,11-/m0/s1. The van der Waals surface area contributed by atoms with Crippen molar-refractivity contribution in [2.24, 2.45) is 11.8 Å². The van der Waals surface area contributed by atoms with Crippen LogP contribution in [0.25, 0.3) is 0 Å². The second-order valence-corrected chi connectivity index (χ2v) is 5.87. The Morgan fingerprint density at radius 3 is 2.50 bits per heavy atom. The molecule has 0 saturated carbocycles. The van der Waals surface area contributed by atoms with Crippen LogP contribution in [0.3, 0.4) is 0 Å². The molecule has 1 rings (SSSR count). The van der Waals surface area contributed by atoms with Gasteiger partial charge < -0.3 is 14.4 Å². The third-order valence-corrected chi connectivity index (χ3v) is 3.04. The number of amides is 1. The summed E-state index contributed by atoms with van der Waals surface area (Å²) in [6.07, 6.45) is -0.227. The van der Waals surface area contributed by atoms with Crippen molar-refractivity contribution in [1.82, 2.24) is 4.90 Å². The highest BCUT2D eigenvalue weighted by Gasteiger charge is 2.41. The molecule has 0 unspecified atom stereocenters. The molecule has 6 heteroatoms. The van der Waals surface area contributed by atoms with Crippen LogP contribution in [0.5, 0.6) is 0 Å². The molecule has 0 radical (unpaired) electrons. The predicted molar refractivity (Wildman–Crippen MR) is 71.7 cm³/mol. The maximum atomic E-state index is 12.0. The topological polar surface area (TPSA) is 79.6 Å². The summed E-state index contributed by atoms with van der Waals surface area (Å²) in [4.78, 5) is 25.4. The Hall–Kier alpha value is -1.77. The Morgan fingerprint density at radius 2 is 2.00 bits per heavy atom. The Morgan fingerprint density at radius 1 is 1.35 bits per heavy atom. The first-order valence-electron chi connectivity index (χ1n) is 6.80. The van der Waals surface area contributed by atoms with E-state index in [0.29, 0.717) is 13.2 Å². The minimum absolute atomic E-state index is 0.188. The number of likely N-dealkylation sites (tertiary alicyclic amines) is 1. The third-order valence-electron chi connectivity index (χ3n) is 3.04. The lowest BCUT2D eigenvalue weighted by Crippen LogP contribution is -2.36. The van der Waals surface area contributed by atoms with Gasteiger partial charge >= 0.3 is 12.1 Å². The van der Waals surface area contributed by atoms with Crippen molar-refractivity contribution in [3.8, 4) is 6.07 Å². The Balaban J connectivity index is 2.72. The van der Waals surface area contributed by atoms with Crippen LogP contribution in [0.15, 0.2) is 0 Å². The van der Waals surface area contributed by atoms with Gasteiger partial charge in [0.05, 0.1) is 18.6 Å². The quantitative estimate of drug-likeness (QED) is 0.739. The molecule has 0 aromatic heterocycles. The van der Waals surface area contributed by atoms with Crippen LogP contribution >= 0.6 is 0 Å². The van der Waals surface area contributed by atoms with E-state index in [0.717, 1.165) is 0 Å². The molecule has 1 saturated heterocycles. The normalized spacial score (nSPS) is 22.2. The number of carbonyl (C=O) groups is 2. The van der Waals surface area contributed by atoms with Crippen molar-refractivity contribution in [3.63, 3.8) is 0 Å². The number of carbonyl (C=O) groups excluding carboxylic acids is 2. The van der Waals surface area contributed by atoms with Gasteiger partial charge in [-0.1, -0.05) is 0 Å². The SMILES string of the molecule is CCOC(=O)[C@H]1CN(C(=O)OC(C)(C)C)C[C@@H]1CC#N. The highest BCUT2D eigenvalue weighted by atomic mass is 16.6.